The third-order valence-electron chi connectivity index (χ3n) is 4.95. The van der Waals surface area contributed by atoms with Crippen LogP contribution in [0.15, 0.2) is 24.5 Å². The van der Waals surface area contributed by atoms with E-state index in [1.165, 1.54) is 0 Å². The molecule has 2 N–H and O–H groups in total. The summed E-state index contributed by atoms with van der Waals surface area (Å²) in [7, 11) is 0. The summed E-state index contributed by atoms with van der Waals surface area (Å²) in [6.07, 6.45) is 4.24. The number of piperidine rings is 1. The molecule has 0 saturated carbocycles. The van der Waals surface area contributed by atoms with Crippen LogP contribution < -0.4 is 0 Å². The zero-order chi connectivity index (χ0) is 17.0. The molecular formula is C17H25N3O4. The van der Waals surface area contributed by atoms with Gasteiger partial charge in [0.05, 0.1) is 25.4 Å². The van der Waals surface area contributed by atoms with Crippen molar-refractivity contribution >= 4 is 5.91 Å². The van der Waals surface area contributed by atoms with Crippen molar-refractivity contribution in [3.8, 4) is 0 Å². The predicted octanol–water partition coefficient (Wildman–Crippen LogP) is -0.199. The molecule has 7 nitrogen and oxygen atoms in total. The van der Waals surface area contributed by atoms with Crippen molar-refractivity contribution in [1.29, 1.82) is 0 Å². The van der Waals surface area contributed by atoms with Crippen LogP contribution in [0.4, 0.5) is 0 Å². The first-order valence-corrected chi connectivity index (χ1v) is 8.47. The standard InChI is InChI=1S/C17H25N3O4/c21-13-17(23)3-6-20(7-4-17)16(22)15(14-2-1-5-18-12-14)19-8-10-24-11-9-19/h1-2,5,12,15,21,23H,3-4,6-11,13H2/t15-/m1/s1. The van der Waals surface area contributed by atoms with Crippen molar-refractivity contribution in [3.05, 3.63) is 30.1 Å². The first-order chi connectivity index (χ1) is 11.6. The molecule has 2 aliphatic rings. The second kappa shape index (κ2) is 7.57. The molecule has 1 aromatic rings. The van der Waals surface area contributed by atoms with Crippen LogP contribution >= 0.6 is 0 Å². The highest BCUT2D eigenvalue weighted by molar-refractivity contribution is 5.83. The predicted molar refractivity (Wildman–Crippen MR) is 87.2 cm³/mol. The van der Waals surface area contributed by atoms with Gasteiger partial charge in [-0.25, -0.2) is 0 Å². The third-order valence-corrected chi connectivity index (χ3v) is 4.95. The fourth-order valence-corrected chi connectivity index (χ4v) is 3.36. The highest BCUT2D eigenvalue weighted by atomic mass is 16.5. The molecule has 2 aliphatic heterocycles. The Kier molecular flexibility index (Phi) is 5.45. The fraction of sp³-hybridized carbons (Fsp3) is 0.647. The molecule has 7 heteroatoms. The maximum Gasteiger partial charge on any atom is 0.244 e. The second-order valence-electron chi connectivity index (χ2n) is 6.54. The minimum atomic E-state index is -1.06. The molecule has 1 atom stereocenters. The monoisotopic (exact) mass is 335 g/mol. The minimum absolute atomic E-state index is 0.0323. The molecule has 1 aromatic heterocycles. The molecule has 0 aliphatic carbocycles. The van der Waals surface area contributed by atoms with Gasteiger partial charge in [-0.1, -0.05) is 6.07 Å². The summed E-state index contributed by atoms with van der Waals surface area (Å²) in [6, 6.07) is 3.40. The number of nitrogens with zero attached hydrogens (tertiary/aromatic N) is 3. The van der Waals surface area contributed by atoms with Crippen LogP contribution in [-0.2, 0) is 9.53 Å². The van der Waals surface area contributed by atoms with Gasteiger partial charge in [0, 0.05) is 38.6 Å². The summed E-state index contributed by atoms with van der Waals surface area (Å²) >= 11 is 0. The zero-order valence-corrected chi connectivity index (χ0v) is 13.8. The number of hydrogen-bond donors (Lipinski definition) is 2. The maximum absolute atomic E-state index is 13.2. The lowest BCUT2D eigenvalue weighted by atomic mass is 9.91. The van der Waals surface area contributed by atoms with E-state index in [9.17, 15) is 15.0 Å². The number of aliphatic hydroxyl groups excluding tert-OH is 1. The summed E-state index contributed by atoms with van der Waals surface area (Å²) in [5.74, 6) is 0.0323. The Bertz CT molecular complexity index is 540. The van der Waals surface area contributed by atoms with Gasteiger partial charge in [-0.2, -0.15) is 0 Å². The molecule has 0 aromatic carbocycles. The second-order valence-corrected chi connectivity index (χ2v) is 6.54. The molecule has 0 radical (unpaired) electrons. The molecule has 3 heterocycles. The van der Waals surface area contributed by atoms with E-state index in [1.807, 2.05) is 12.1 Å². The van der Waals surface area contributed by atoms with Crippen LogP contribution in [0, 0.1) is 0 Å². The number of hydrogen-bond acceptors (Lipinski definition) is 6. The molecule has 24 heavy (non-hydrogen) atoms. The van der Waals surface area contributed by atoms with Crippen LogP contribution in [0.2, 0.25) is 0 Å². The largest absolute Gasteiger partial charge is 0.393 e. The van der Waals surface area contributed by atoms with Crippen molar-refractivity contribution < 1.29 is 19.7 Å². The van der Waals surface area contributed by atoms with E-state index >= 15 is 0 Å². The van der Waals surface area contributed by atoms with E-state index in [1.54, 1.807) is 17.3 Å². The van der Waals surface area contributed by atoms with Crippen LogP contribution in [0.1, 0.15) is 24.4 Å². The number of amides is 1. The lowest BCUT2D eigenvalue weighted by Crippen LogP contribution is -2.52. The summed E-state index contributed by atoms with van der Waals surface area (Å²) in [6.45, 7) is 3.31. The Morgan fingerprint density at radius 2 is 2.00 bits per heavy atom. The SMILES string of the molecule is O=C([C@@H](c1cccnc1)N1CCOCC1)N1CCC(O)(CO)CC1. The van der Waals surface area contributed by atoms with E-state index in [-0.39, 0.29) is 18.6 Å². The first kappa shape index (κ1) is 17.3. The van der Waals surface area contributed by atoms with Crippen LogP contribution in [-0.4, -0.2) is 82.5 Å². The van der Waals surface area contributed by atoms with Gasteiger partial charge in [-0.05, 0) is 24.5 Å². The topological polar surface area (TPSA) is 86.1 Å². The van der Waals surface area contributed by atoms with E-state index in [2.05, 4.69) is 9.88 Å². The van der Waals surface area contributed by atoms with Crippen molar-refractivity contribution in [1.82, 2.24) is 14.8 Å². The van der Waals surface area contributed by atoms with Crippen molar-refractivity contribution in [2.45, 2.75) is 24.5 Å². The Labute approximate surface area is 141 Å². The maximum atomic E-state index is 13.2. The van der Waals surface area contributed by atoms with Crippen molar-refractivity contribution in [2.24, 2.45) is 0 Å². The summed E-state index contributed by atoms with van der Waals surface area (Å²) in [5, 5.41) is 19.4. The van der Waals surface area contributed by atoms with E-state index < -0.39 is 5.60 Å². The quantitative estimate of drug-likeness (QED) is 0.793. The van der Waals surface area contributed by atoms with Gasteiger partial charge in [0.25, 0.3) is 0 Å². The summed E-state index contributed by atoms with van der Waals surface area (Å²) in [4.78, 5) is 21.3. The van der Waals surface area contributed by atoms with E-state index in [0.717, 1.165) is 5.56 Å². The van der Waals surface area contributed by atoms with Crippen LogP contribution in [0.3, 0.4) is 0 Å². The van der Waals surface area contributed by atoms with Crippen molar-refractivity contribution in [2.75, 3.05) is 46.0 Å². The van der Waals surface area contributed by atoms with E-state index in [4.69, 9.17) is 4.74 Å². The zero-order valence-electron chi connectivity index (χ0n) is 13.8. The van der Waals surface area contributed by atoms with Crippen LogP contribution in [0.25, 0.3) is 0 Å². The Balaban J connectivity index is 1.77. The molecule has 0 bridgehead atoms. The first-order valence-electron chi connectivity index (χ1n) is 8.47. The Hall–Kier alpha value is -1.54. The number of carbonyl (C=O) groups excluding carboxylic acids is 1. The average molecular weight is 335 g/mol. The normalized spacial score (nSPS) is 23.0. The van der Waals surface area contributed by atoms with E-state index in [0.29, 0.717) is 52.2 Å². The number of aliphatic hydroxyl groups is 2. The lowest BCUT2D eigenvalue weighted by Gasteiger charge is -2.41. The smallest absolute Gasteiger partial charge is 0.244 e. The molecule has 2 saturated heterocycles. The van der Waals surface area contributed by atoms with Gasteiger partial charge in [-0.3, -0.25) is 14.7 Å². The average Bonchev–Trinajstić information content (AvgIpc) is 2.64. The van der Waals surface area contributed by atoms with Gasteiger partial charge in [0.15, 0.2) is 0 Å². The highest BCUT2D eigenvalue weighted by Crippen LogP contribution is 2.28. The molecule has 0 unspecified atom stereocenters. The number of carbonyl (C=O) groups is 1. The number of morpholine rings is 1. The van der Waals surface area contributed by atoms with Crippen molar-refractivity contribution in [3.63, 3.8) is 0 Å². The van der Waals surface area contributed by atoms with Crippen LogP contribution in [0.5, 0.6) is 0 Å². The third kappa shape index (κ3) is 3.75. The number of ether oxygens (including phenoxy) is 1. The molecule has 3 rings (SSSR count). The Morgan fingerprint density at radius 3 is 2.58 bits per heavy atom. The van der Waals surface area contributed by atoms with Gasteiger partial charge in [-0.15, -0.1) is 0 Å². The molecule has 2 fully saturated rings. The Morgan fingerprint density at radius 1 is 1.29 bits per heavy atom. The number of pyridine rings is 1. The molecule has 1 amide bonds. The van der Waals surface area contributed by atoms with Gasteiger partial charge < -0.3 is 19.8 Å². The molecule has 132 valence electrons. The molecular weight excluding hydrogens is 310 g/mol. The number of rotatable bonds is 4. The minimum Gasteiger partial charge on any atom is -0.393 e. The van der Waals surface area contributed by atoms with Gasteiger partial charge in [0.2, 0.25) is 5.91 Å². The van der Waals surface area contributed by atoms with Gasteiger partial charge >= 0.3 is 0 Å². The molecule has 0 spiro atoms. The highest BCUT2D eigenvalue weighted by Gasteiger charge is 2.37. The summed E-state index contributed by atoms with van der Waals surface area (Å²) < 4.78 is 5.41. The van der Waals surface area contributed by atoms with Gasteiger partial charge in [0.1, 0.15) is 6.04 Å². The fourth-order valence-electron chi connectivity index (χ4n) is 3.36. The summed E-state index contributed by atoms with van der Waals surface area (Å²) in [5.41, 5.74) is -0.174. The number of aromatic nitrogens is 1. The number of likely N-dealkylation sites (tertiary alicyclic amines) is 1. The lowest BCUT2D eigenvalue weighted by molar-refractivity contribution is -0.144.